The first-order chi connectivity index (χ1) is 11.1. The van der Waals surface area contributed by atoms with E-state index in [1.54, 1.807) is 0 Å². The maximum Gasteiger partial charge on any atom is 0.229 e. The van der Waals surface area contributed by atoms with Gasteiger partial charge in [-0.3, -0.25) is 4.90 Å². The van der Waals surface area contributed by atoms with E-state index in [1.807, 2.05) is 0 Å². The highest BCUT2D eigenvalue weighted by atomic mass is 16.5. The van der Waals surface area contributed by atoms with Crippen molar-refractivity contribution in [1.29, 1.82) is 0 Å². The second-order valence-electron chi connectivity index (χ2n) is 7.08. The summed E-state index contributed by atoms with van der Waals surface area (Å²) >= 11 is 0. The Kier molecular flexibility index (Phi) is 3.67. The van der Waals surface area contributed by atoms with Crippen molar-refractivity contribution in [2.24, 2.45) is 7.05 Å². The fourth-order valence-electron chi connectivity index (χ4n) is 3.32. The van der Waals surface area contributed by atoms with E-state index < -0.39 is 0 Å². The Morgan fingerprint density at radius 2 is 2.04 bits per heavy atom. The zero-order chi connectivity index (χ0) is 16.0. The van der Waals surface area contributed by atoms with Gasteiger partial charge in [0.05, 0.1) is 12.6 Å². The molecule has 7 heteroatoms. The van der Waals surface area contributed by atoms with Gasteiger partial charge in [0.15, 0.2) is 5.82 Å². The summed E-state index contributed by atoms with van der Waals surface area (Å²) in [5.41, 5.74) is 0. The van der Waals surface area contributed by atoms with E-state index in [4.69, 9.17) is 4.52 Å². The van der Waals surface area contributed by atoms with Crippen LogP contribution in [-0.4, -0.2) is 36.3 Å². The highest BCUT2D eigenvalue weighted by Gasteiger charge is 2.33. The van der Waals surface area contributed by atoms with Crippen LogP contribution in [0.2, 0.25) is 0 Å². The van der Waals surface area contributed by atoms with Gasteiger partial charge in [-0.15, -0.1) is 10.2 Å². The van der Waals surface area contributed by atoms with Gasteiger partial charge in [-0.05, 0) is 32.2 Å². The van der Waals surface area contributed by atoms with Crippen molar-refractivity contribution in [2.75, 3.05) is 6.54 Å². The van der Waals surface area contributed by atoms with Gasteiger partial charge in [-0.1, -0.05) is 19.0 Å². The van der Waals surface area contributed by atoms with E-state index in [1.165, 1.54) is 12.8 Å². The molecule has 124 valence electrons. The van der Waals surface area contributed by atoms with Crippen LogP contribution in [0.15, 0.2) is 4.52 Å². The summed E-state index contributed by atoms with van der Waals surface area (Å²) in [6.07, 6.45) is 4.73. The molecule has 1 saturated heterocycles. The topological polar surface area (TPSA) is 72.9 Å². The smallest absolute Gasteiger partial charge is 0.229 e. The summed E-state index contributed by atoms with van der Waals surface area (Å²) in [5, 5.41) is 13.0. The fourth-order valence-corrected chi connectivity index (χ4v) is 3.32. The van der Waals surface area contributed by atoms with E-state index in [0.29, 0.717) is 5.92 Å². The molecule has 2 fully saturated rings. The lowest BCUT2D eigenvalue weighted by Crippen LogP contribution is -2.25. The standard InChI is InChI=1S/C16H24N6O/c1-10(2)16-17-14(20-23-16)12-5-4-8-22(12)9-13-18-19-15(21(13)3)11-6-7-11/h10-12H,4-9H2,1-3H3/t12-/m0/s1. The van der Waals surface area contributed by atoms with E-state index in [9.17, 15) is 0 Å². The Bertz CT molecular complexity index is 687. The lowest BCUT2D eigenvalue weighted by Gasteiger charge is -2.21. The maximum absolute atomic E-state index is 5.38. The Balaban J connectivity index is 1.51. The number of likely N-dealkylation sites (tertiary alicyclic amines) is 1. The van der Waals surface area contributed by atoms with Gasteiger partial charge >= 0.3 is 0 Å². The molecule has 0 spiro atoms. The summed E-state index contributed by atoms with van der Waals surface area (Å²) < 4.78 is 7.55. The Morgan fingerprint density at radius 3 is 2.74 bits per heavy atom. The molecule has 0 amide bonds. The van der Waals surface area contributed by atoms with Crippen LogP contribution in [0.4, 0.5) is 0 Å². The molecular weight excluding hydrogens is 292 g/mol. The van der Waals surface area contributed by atoms with Crippen LogP contribution >= 0.6 is 0 Å². The van der Waals surface area contributed by atoms with Gasteiger partial charge in [-0.2, -0.15) is 4.98 Å². The average molecular weight is 316 g/mol. The second kappa shape index (κ2) is 5.70. The summed E-state index contributed by atoms with van der Waals surface area (Å²) in [5.74, 6) is 4.61. The van der Waals surface area contributed by atoms with Crippen LogP contribution in [0, 0.1) is 0 Å². The summed E-state index contributed by atoms with van der Waals surface area (Å²) in [7, 11) is 2.08. The second-order valence-corrected chi connectivity index (χ2v) is 7.08. The molecule has 1 aliphatic heterocycles. The van der Waals surface area contributed by atoms with Crippen molar-refractivity contribution in [1.82, 2.24) is 29.8 Å². The summed E-state index contributed by atoms with van der Waals surface area (Å²) in [6.45, 7) is 5.99. The maximum atomic E-state index is 5.38. The van der Waals surface area contributed by atoms with Crippen LogP contribution < -0.4 is 0 Å². The first-order valence-electron chi connectivity index (χ1n) is 8.59. The van der Waals surface area contributed by atoms with Crippen molar-refractivity contribution >= 4 is 0 Å². The number of rotatable bonds is 5. The predicted molar refractivity (Wildman–Crippen MR) is 83.8 cm³/mol. The van der Waals surface area contributed by atoms with E-state index in [-0.39, 0.29) is 12.0 Å². The highest BCUT2D eigenvalue weighted by molar-refractivity contribution is 5.08. The third kappa shape index (κ3) is 2.78. The molecule has 0 aromatic carbocycles. The molecule has 0 radical (unpaired) electrons. The minimum absolute atomic E-state index is 0.229. The Labute approximate surface area is 136 Å². The SMILES string of the molecule is CC(C)c1nc([C@@H]2CCCN2Cc2nnc(C3CC3)n2C)no1. The summed E-state index contributed by atoms with van der Waals surface area (Å²) in [4.78, 5) is 6.99. The Morgan fingerprint density at radius 1 is 1.22 bits per heavy atom. The first kappa shape index (κ1) is 14.8. The first-order valence-corrected chi connectivity index (χ1v) is 8.59. The van der Waals surface area contributed by atoms with Crippen molar-refractivity contribution in [2.45, 2.75) is 64.0 Å². The minimum Gasteiger partial charge on any atom is -0.339 e. The quantitative estimate of drug-likeness (QED) is 0.844. The molecule has 3 heterocycles. The normalized spacial score (nSPS) is 22.3. The molecular formula is C16H24N6O. The number of hydrogen-bond donors (Lipinski definition) is 0. The highest BCUT2D eigenvalue weighted by Crippen LogP contribution is 2.39. The predicted octanol–water partition coefficient (Wildman–Crippen LogP) is 2.54. The van der Waals surface area contributed by atoms with E-state index in [0.717, 1.165) is 49.3 Å². The Hall–Kier alpha value is -1.76. The molecule has 2 aliphatic rings. The average Bonchev–Trinajstić information content (AvgIpc) is 2.95. The molecule has 23 heavy (non-hydrogen) atoms. The number of aromatic nitrogens is 5. The van der Waals surface area contributed by atoms with Crippen molar-refractivity contribution in [3.05, 3.63) is 23.4 Å². The van der Waals surface area contributed by atoms with Crippen LogP contribution in [-0.2, 0) is 13.6 Å². The van der Waals surface area contributed by atoms with Crippen LogP contribution in [0.25, 0.3) is 0 Å². The van der Waals surface area contributed by atoms with Crippen molar-refractivity contribution in [3.8, 4) is 0 Å². The molecule has 1 aliphatic carbocycles. The van der Waals surface area contributed by atoms with Gasteiger partial charge in [0.2, 0.25) is 5.89 Å². The zero-order valence-electron chi connectivity index (χ0n) is 14.1. The van der Waals surface area contributed by atoms with Gasteiger partial charge in [0, 0.05) is 18.9 Å². The van der Waals surface area contributed by atoms with Gasteiger partial charge in [0.25, 0.3) is 0 Å². The summed E-state index contributed by atoms with van der Waals surface area (Å²) in [6, 6.07) is 0.229. The van der Waals surface area contributed by atoms with Crippen LogP contribution in [0.3, 0.4) is 0 Å². The molecule has 0 bridgehead atoms. The zero-order valence-corrected chi connectivity index (χ0v) is 14.1. The number of nitrogens with zero attached hydrogens (tertiary/aromatic N) is 6. The molecule has 1 saturated carbocycles. The molecule has 2 aromatic rings. The third-order valence-corrected chi connectivity index (χ3v) is 4.90. The van der Waals surface area contributed by atoms with Gasteiger partial charge < -0.3 is 9.09 Å². The molecule has 4 rings (SSSR count). The molecule has 0 unspecified atom stereocenters. The molecule has 2 aromatic heterocycles. The van der Waals surface area contributed by atoms with E-state index >= 15 is 0 Å². The molecule has 1 atom stereocenters. The van der Waals surface area contributed by atoms with Crippen molar-refractivity contribution in [3.63, 3.8) is 0 Å². The van der Waals surface area contributed by atoms with Crippen LogP contribution in [0.1, 0.15) is 80.8 Å². The third-order valence-electron chi connectivity index (χ3n) is 4.90. The number of hydrogen-bond acceptors (Lipinski definition) is 6. The molecule has 0 N–H and O–H groups in total. The lowest BCUT2D eigenvalue weighted by atomic mass is 10.2. The van der Waals surface area contributed by atoms with Crippen LogP contribution in [0.5, 0.6) is 0 Å². The van der Waals surface area contributed by atoms with Crippen molar-refractivity contribution < 1.29 is 4.52 Å². The van der Waals surface area contributed by atoms with Gasteiger partial charge in [-0.25, -0.2) is 0 Å². The van der Waals surface area contributed by atoms with Gasteiger partial charge in [0.1, 0.15) is 11.6 Å². The minimum atomic E-state index is 0.229. The lowest BCUT2D eigenvalue weighted by molar-refractivity contribution is 0.226. The largest absolute Gasteiger partial charge is 0.339 e. The monoisotopic (exact) mass is 316 g/mol. The van der Waals surface area contributed by atoms with E-state index in [2.05, 4.69) is 50.7 Å². The molecule has 7 nitrogen and oxygen atoms in total. The fraction of sp³-hybridized carbons (Fsp3) is 0.750.